The van der Waals surface area contributed by atoms with Crippen LogP contribution in [0.15, 0.2) is 12.3 Å². The molecule has 1 unspecified atom stereocenters. The molecule has 66 valence electrons. The molecule has 1 fully saturated rings. The Morgan fingerprint density at radius 2 is 2.67 bits per heavy atom. The lowest BCUT2D eigenvalue weighted by Gasteiger charge is -2.09. The van der Waals surface area contributed by atoms with Gasteiger partial charge in [-0.1, -0.05) is 0 Å². The maximum atomic E-state index is 4.15. The molecule has 2 rings (SSSR count). The monoisotopic (exact) mass is 165 g/mol. The Morgan fingerprint density at radius 1 is 1.75 bits per heavy atom. The van der Waals surface area contributed by atoms with Gasteiger partial charge in [-0.15, -0.1) is 0 Å². The molecule has 3 heteroatoms. The van der Waals surface area contributed by atoms with Gasteiger partial charge in [-0.3, -0.25) is 4.68 Å². The maximum Gasteiger partial charge on any atom is 0.0492 e. The van der Waals surface area contributed by atoms with Gasteiger partial charge in [-0.2, -0.15) is 5.10 Å². The van der Waals surface area contributed by atoms with Crippen LogP contribution in [-0.4, -0.2) is 22.4 Å². The van der Waals surface area contributed by atoms with Crippen LogP contribution < -0.4 is 5.32 Å². The van der Waals surface area contributed by atoms with Gasteiger partial charge in [0.1, 0.15) is 0 Å². The standard InChI is InChI=1S/C9H15N3/c1-12-9(4-6-11-12)7-8-3-2-5-10-8/h4,6,8,10H,2-3,5,7H2,1H3. The number of hydrogen-bond donors (Lipinski definition) is 1. The molecule has 1 aromatic rings. The van der Waals surface area contributed by atoms with E-state index in [1.807, 2.05) is 17.9 Å². The lowest BCUT2D eigenvalue weighted by molar-refractivity contribution is 0.570. The second-order valence-electron chi connectivity index (χ2n) is 3.44. The topological polar surface area (TPSA) is 29.9 Å². The van der Waals surface area contributed by atoms with Crippen molar-refractivity contribution in [2.75, 3.05) is 6.54 Å². The van der Waals surface area contributed by atoms with Gasteiger partial charge in [0.15, 0.2) is 0 Å². The molecule has 1 atom stereocenters. The Balaban J connectivity index is 1.98. The molecule has 1 aromatic heterocycles. The Labute approximate surface area is 72.8 Å². The van der Waals surface area contributed by atoms with E-state index < -0.39 is 0 Å². The van der Waals surface area contributed by atoms with Crippen LogP contribution in [0.25, 0.3) is 0 Å². The Bertz CT molecular complexity index is 248. The van der Waals surface area contributed by atoms with Gasteiger partial charge < -0.3 is 5.32 Å². The first-order chi connectivity index (χ1) is 5.86. The second kappa shape index (κ2) is 3.27. The molecule has 2 heterocycles. The van der Waals surface area contributed by atoms with Gasteiger partial charge in [0.05, 0.1) is 0 Å². The molecule has 1 saturated heterocycles. The van der Waals surface area contributed by atoms with Crippen molar-refractivity contribution in [3.63, 3.8) is 0 Å². The smallest absolute Gasteiger partial charge is 0.0492 e. The fraction of sp³-hybridized carbons (Fsp3) is 0.667. The summed E-state index contributed by atoms with van der Waals surface area (Å²) in [6.45, 7) is 1.18. The highest BCUT2D eigenvalue weighted by molar-refractivity contribution is 5.03. The molecular formula is C9H15N3. The van der Waals surface area contributed by atoms with Crippen molar-refractivity contribution in [3.05, 3.63) is 18.0 Å². The summed E-state index contributed by atoms with van der Waals surface area (Å²) in [5, 5.41) is 7.63. The van der Waals surface area contributed by atoms with E-state index in [4.69, 9.17) is 0 Å². The summed E-state index contributed by atoms with van der Waals surface area (Å²) < 4.78 is 1.96. The summed E-state index contributed by atoms with van der Waals surface area (Å²) in [5.74, 6) is 0. The minimum Gasteiger partial charge on any atom is -0.314 e. The number of rotatable bonds is 2. The second-order valence-corrected chi connectivity index (χ2v) is 3.44. The van der Waals surface area contributed by atoms with E-state index in [2.05, 4.69) is 16.5 Å². The first-order valence-electron chi connectivity index (χ1n) is 4.56. The van der Waals surface area contributed by atoms with Gasteiger partial charge in [0.2, 0.25) is 0 Å². The quantitative estimate of drug-likeness (QED) is 0.699. The van der Waals surface area contributed by atoms with Gasteiger partial charge in [-0.05, 0) is 25.5 Å². The molecule has 1 aliphatic rings. The van der Waals surface area contributed by atoms with Crippen LogP contribution >= 0.6 is 0 Å². The highest BCUT2D eigenvalue weighted by Gasteiger charge is 2.15. The van der Waals surface area contributed by atoms with Gasteiger partial charge in [0.25, 0.3) is 0 Å². The van der Waals surface area contributed by atoms with Crippen molar-refractivity contribution in [1.29, 1.82) is 0 Å². The summed E-state index contributed by atoms with van der Waals surface area (Å²) in [4.78, 5) is 0. The van der Waals surface area contributed by atoms with E-state index in [0.29, 0.717) is 6.04 Å². The average molecular weight is 165 g/mol. The van der Waals surface area contributed by atoms with Gasteiger partial charge in [0, 0.05) is 31.4 Å². The lowest BCUT2D eigenvalue weighted by Crippen LogP contribution is -2.24. The summed E-state index contributed by atoms with van der Waals surface area (Å²) in [6, 6.07) is 2.78. The largest absolute Gasteiger partial charge is 0.314 e. The molecule has 0 spiro atoms. The molecule has 0 bridgehead atoms. The number of nitrogens with one attached hydrogen (secondary N) is 1. The maximum absolute atomic E-state index is 4.15. The number of nitrogens with zero attached hydrogens (tertiary/aromatic N) is 2. The molecule has 1 N–H and O–H groups in total. The van der Waals surface area contributed by atoms with Crippen LogP contribution in [0.4, 0.5) is 0 Å². The number of aromatic nitrogens is 2. The van der Waals surface area contributed by atoms with Crippen LogP contribution in [0.5, 0.6) is 0 Å². The van der Waals surface area contributed by atoms with Crippen LogP contribution in [0.1, 0.15) is 18.5 Å². The van der Waals surface area contributed by atoms with Crippen molar-refractivity contribution in [2.45, 2.75) is 25.3 Å². The highest BCUT2D eigenvalue weighted by atomic mass is 15.3. The van der Waals surface area contributed by atoms with E-state index in [1.165, 1.54) is 25.1 Å². The van der Waals surface area contributed by atoms with Crippen molar-refractivity contribution < 1.29 is 0 Å². The van der Waals surface area contributed by atoms with Crippen LogP contribution in [0, 0.1) is 0 Å². The molecule has 12 heavy (non-hydrogen) atoms. The highest BCUT2D eigenvalue weighted by Crippen LogP contribution is 2.10. The fourth-order valence-corrected chi connectivity index (χ4v) is 1.78. The molecule has 0 aliphatic carbocycles. The fourth-order valence-electron chi connectivity index (χ4n) is 1.78. The molecule has 0 saturated carbocycles. The van der Waals surface area contributed by atoms with Gasteiger partial charge >= 0.3 is 0 Å². The van der Waals surface area contributed by atoms with Crippen LogP contribution in [-0.2, 0) is 13.5 Å². The number of aryl methyl sites for hydroxylation is 1. The lowest BCUT2D eigenvalue weighted by atomic mass is 10.1. The third-order valence-corrected chi connectivity index (χ3v) is 2.54. The van der Waals surface area contributed by atoms with Crippen molar-refractivity contribution >= 4 is 0 Å². The Morgan fingerprint density at radius 3 is 3.25 bits per heavy atom. The zero-order chi connectivity index (χ0) is 8.39. The van der Waals surface area contributed by atoms with Crippen molar-refractivity contribution in [3.8, 4) is 0 Å². The zero-order valence-electron chi connectivity index (χ0n) is 7.45. The summed E-state index contributed by atoms with van der Waals surface area (Å²) in [5.41, 5.74) is 1.33. The normalized spacial score (nSPS) is 23.2. The Kier molecular flexibility index (Phi) is 2.13. The predicted octanol–water partition coefficient (Wildman–Crippen LogP) is 0.715. The van der Waals surface area contributed by atoms with E-state index in [-0.39, 0.29) is 0 Å². The van der Waals surface area contributed by atoms with Gasteiger partial charge in [-0.25, -0.2) is 0 Å². The van der Waals surface area contributed by atoms with E-state index in [1.54, 1.807) is 0 Å². The predicted molar refractivity (Wildman–Crippen MR) is 47.9 cm³/mol. The van der Waals surface area contributed by atoms with E-state index in [9.17, 15) is 0 Å². The molecular weight excluding hydrogens is 150 g/mol. The Hall–Kier alpha value is -0.830. The molecule has 1 aliphatic heterocycles. The SMILES string of the molecule is Cn1nccc1CC1CCCN1. The van der Waals surface area contributed by atoms with Crippen molar-refractivity contribution in [2.24, 2.45) is 7.05 Å². The first-order valence-corrected chi connectivity index (χ1v) is 4.56. The summed E-state index contributed by atoms with van der Waals surface area (Å²) in [6.07, 6.45) is 5.62. The number of hydrogen-bond acceptors (Lipinski definition) is 2. The third-order valence-electron chi connectivity index (χ3n) is 2.54. The zero-order valence-corrected chi connectivity index (χ0v) is 7.45. The average Bonchev–Trinajstić information content (AvgIpc) is 2.65. The molecule has 3 nitrogen and oxygen atoms in total. The molecule has 0 aromatic carbocycles. The molecule has 0 amide bonds. The van der Waals surface area contributed by atoms with Crippen molar-refractivity contribution in [1.82, 2.24) is 15.1 Å². The van der Waals surface area contributed by atoms with Crippen LogP contribution in [0.3, 0.4) is 0 Å². The molecule has 0 radical (unpaired) electrons. The minimum absolute atomic E-state index is 0.681. The first kappa shape index (κ1) is 7.80. The third kappa shape index (κ3) is 1.50. The summed E-state index contributed by atoms with van der Waals surface area (Å²) in [7, 11) is 2.00. The van der Waals surface area contributed by atoms with E-state index in [0.717, 1.165) is 6.42 Å². The van der Waals surface area contributed by atoms with Crippen LogP contribution in [0.2, 0.25) is 0 Å². The minimum atomic E-state index is 0.681. The van der Waals surface area contributed by atoms with E-state index >= 15 is 0 Å². The summed E-state index contributed by atoms with van der Waals surface area (Å²) >= 11 is 0.